The molecule has 0 N–H and O–H groups in total. The summed E-state index contributed by atoms with van der Waals surface area (Å²) in [5.74, 6) is -0.133. The van der Waals surface area contributed by atoms with E-state index in [4.69, 9.17) is 11.6 Å². The summed E-state index contributed by atoms with van der Waals surface area (Å²) in [5, 5.41) is 4.74. The molecule has 7 heteroatoms. The number of ketones is 1. The molecule has 106 valence electrons. The lowest BCUT2D eigenvalue weighted by atomic mass is 10.1. The normalized spacial score (nSPS) is 11.0. The molecule has 3 rings (SSSR count). The molecular formula is C14H10ClN3O2S. The molecule has 0 aliphatic carbocycles. The second-order valence-corrected chi connectivity index (χ2v) is 5.96. The molecule has 0 spiro atoms. The molecule has 1 aromatic carbocycles. The smallest absolute Gasteiger partial charge is 0.288 e. The van der Waals surface area contributed by atoms with Crippen LogP contribution in [0.1, 0.15) is 26.6 Å². The third-order valence-electron chi connectivity index (χ3n) is 3.09. The van der Waals surface area contributed by atoms with Crippen LogP contribution < -0.4 is 5.56 Å². The summed E-state index contributed by atoms with van der Waals surface area (Å²) in [6, 6.07) is 6.68. The lowest BCUT2D eigenvalue weighted by Gasteiger charge is -2.00. The van der Waals surface area contributed by atoms with E-state index in [-0.39, 0.29) is 11.3 Å². The minimum atomic E-state index is -0.373. The maximum Gasteiger partial charge on any atom is 0.295 e. The summed E-state index contributed by atoms with van der Waals surface area (Å²) in [6.07, 6.45) is 0. The zero-order valence-corrected chi connectivity index (χ0v) is 12.8. The summed E-state index contributed by atoms with van der Waals surface area (Å²) in [5.41, 5.74) is 1.14. The van der Waals surface area contributed by atoms with Crippen molar-refractivity contribution in [3.8, 4) is 0 Å². The minimum absolute atomic E-state index is 0.133. The molecule has 0 bridgehead atoms. The Bertz CT molecular complexity index is 912. The number of aryl methyl sites for hydroxylation is 2. The molecule has 0 saturated heterocycles. The van der Waals surface area contributed by atoms with Crippen molar-refractivity contribution in [2.24, 2.45) is 0 Å². The number of aromatic nitrogens is 3. The SMILES string of the molecule is Cc1nn2c(C)c(C(=O)c3ccc(Cl)cc3)sc2nc1=O. The number of fused-ring (bicyclic) bond motifs is 1. The number of benzene rings is 1. The van der Waals surface area contributed by atoms with Crippen LogP contribution in [0.15, 0.2) is 29.1 Å². The van der Waals surface area contributed by atoms with Gasteiger partial charge in [-0.3, -0.25) is 9.59 Å². The van der Waals surface area contributed by atoms with Crippen LogP contribution in [0, 0.1) is 13.8 Å². The molecule has 3 aromatic rings. The summed E-state index contributed by atoms with van der Waals surface area (Å²) in [7, 11) is 0. The van der Waals surface area contributed by atoms with Crippen LogP contribution in [0.5, 0.6) is 0 Å². The summed E-state index contributed by atoms with van der Waals surface area (Å²) in [4.78, 5) is 29.0. The average molecular weight is 320 g/mol. The fourth-order valence-electron chi connectivity index (χ4n) is 1.94. The number of rotatable bonds is 2. The zero-order chi connectivity index (χ0) is 15.1. The third kappa shape index (κ3) is 2.36. The summed E-state index contributed by atoms with van der Waals surface area (Å²) >= 11 is 6.99. The highest BCUT2D eigenvalue weighted by atomic mass is 35.5. The second-order valence-electron chi connectivity index (χ2n) is 4.55. The quantitative estimate of drug-likeness (QED) is 0.681. The van der Waals surface area contributed by atoms with Crippen LogP contribution >= 0.6 is 22.9 Å². The number of halogens is 1. The van der Waals surface area contributed by atoms with Gasteiger partial charge in [0.15, 0.2) is 0 Å². The fraction of sp³-hybridized carbons (Fsp3) is 0.143. The van der Waals surface area contributed by atoms with E-state index < -0.39 is 0 Å². The van der Waals surface area contributed by atoms with Crippen molar-refractivity contribution in [3.63, 3.8) is 0 Å². The van der Waals surface area contributed by atoms with E-state index in [1.807, 2.05) is 0 Å². The monoisotopic (exact) mass is 319 g/mol. The molecule has 0 aliphatic heterocycles. The Morgan fingerprint density at radius 3 is 2.57 bits per heavy atom. The number of nitrogens with zero attached hydrogens (tertiary/aromatic N) is 3. The number of thiazole rings is 1. The van der Waals surface area contributed by atoms with Crippen LogP contribution in [-0.2, 0) is 0 Å². The molecule has 2 heterocycles. The van der Waals surface area contributed by atoms with Crippen molar-refractivity contribution >= 4 is 33.7 Å². The highest BCUT2D eigenvalue weighted by Crippen LogP contribution is 2.23. The van der Waals surface area contributed by atoms with E-state index in [2.05, 4.69) is 10.1 Å². The highest BCUT2D eigenvalue weighted by molar-refractivity contribution is 7.19. The van der Waals surface area contributed by atoms with E-state index in [9.17, 15) is 9.59 Å². The number of carbonyl (C=O) groups excluding carboxylic acids is 1. The van der Waals surface area contributed by atoms with Crippen LogP contribution in [0.25, 0.3) is 4.96 Å². The van der Waals surface area contributed by atoms with E-state index in [1.165, 1.54) is 4.52 Å². The molecule has 21 heavy (non-hydrogen) atoms. The predicted octanol–water partition coefficient (Wildman–Crippen LogP) is 2.65. The molecule has 0 atom stereocenters. The average Bonchev–Trinajstić information content (AvgIpc) is 2.77. The van der Waals surface area contributed by atoms with Crippen molar-refractivity contribution in [1.29, 1.82) is 0 Å². The molecule has 0 amide bonds. The van der Waals surface area contributed by atoms with Gasteiger partial charge in [-0.15, -0.1) is 0 Å². The maximum absolute atomic E-state index is 12.5. The Kier molecular flexibility index (Phi) is 3.35. The van der Waals surface area contributed by atoms with Crippen molar-refractivity contribution in [2.45, 2.75) is 13.8 Å². The van der Waals surface area contributed by atoms with Crippen LogP contribution in [0.3, 0.4) is 0 Å². The topological polar surface area (TPSA) is 64.3 Å². The molecule has 0 radical (unpaired) electrons. The largest absolute Gasteiger partial charge is 0.295 e. The number of carbonyl (C=O) groups is 1. The first-order chi connectivity index (χ1) is 9.97. The molecular weight excluding hydrogens is 310 g/mol. The lowest BCUT2D eigenvalue weighted by molar-refractivity contribution is 0.104. The van der Waals surface area contributed by atoms with Crippen LogP contribution in [-0.4, -0.2) is 20.4 Å². The Hall–Kier alpha value is -2.05. The maximum atomic E-state index is 12.5. The van der Waals surface area contributed by atoms with E-state index in [1.54, 1.807) is 38.1 Å². The lowest BCUT2D eigenvalue weighted by Crippen LogP contribution is -2.15. The predicted molar refractivity (Wildman–Crippen MR) is 81.5 cm³/mol. The van der Waals surface area contributed by atoms with E-state index in [0.717, 1.165) is 11.3 Å². The van der Waals surface area contributed by atoms with Gasteiger partial charge < -0.3 is 0 Å². The molecule has 5 nitrogen and oxygen atoms in total. The minimum Gasteiger partial charge on any atom is -0.288 e. The first kappa shape index (κ1) is 13.9. The van der Waals surface area contributed by atoms with Crippen LogP contribution in [0.2, 0.25) is 5.02 Å². The molecule has 0 saturated carbocycles. The molecule has 0 unspecified atom stereocenters. The van der Waals surface area contributed by atoms with Gasteiger partial charge >= 0.3 is 0 Å². The number of hydrogen-bond acceptors (Lipinski definition) is 5. The van der Waals surface area contributed by atoms with Crippen molar-refractivity contribution < 1.29 is 4.79 Å². The van der Waals surface area contributed by atoms with Crippen LogP contribution in [0.4, 0.5) is 0 Å². The number of hydrogen-bond donors (Lipinski definition) is 0. The van der Waals surface area contributed by atoms with Gasteiger partial charge in [0.25, 0.3) is 5.56 Å². The third-order valence-corrected chi connectivity index (χ3v) is 4.47. The van der Waals surface area contributed by atoms with Gasteiger partial charge in [0, 0.05) is 10.6 Å². The Morgan fingerprint density at radius 1 is 1.24 bits per heavy atom. The molecule has 0 aliphatic rings. The van der Waals surface area contributed by atoms with Gasteiger partial charge in [-0.1, -0.05) is 22.9 Å². The second kappa shape index (κ2) is 5.05. The Morgan fingerprint density at radius 2 is 1.90 bits per heavy atom. The Labute approximate surface area is 128 Å². The summed E-state index contributed by atoms with van der Waals surface area (Å²) in [6.45, 7) is 3.38. The standard InChI is InChI=1S/C14H10ClN3O2S/c1-7-13(20)16-14-18(17-7)8(2)12(21-14)11(19)9-3-5-10(15)6-4-9/h3-6H,1-2H3. The van der Waals surface area contributed by atoms with Gasteiger partial charge in [-0.25, -0.2) is 4.52 Å². The zero-order valence-electron chi connectivity index (χ0n) is 11.3. The van der Waals surface area contributed by atoms with Gasteiger partial charge in [-0.05, 0) is 38.1 Å². The molecule has 2 aromatic heterocycles. The fourth-order valence-corrected chi connectivity index (χ4v) is 3.09. The van der Waals surface area contributed by atoms with Gasteiger partial charge in [-0.2, -0.15) is 10.1 Å². The summed E-state index contributed by atoms with van der Waals surface area (Å²) < 4.78 is 1.53. The van der Waals surface area contributed by atoms with E-state index in [0.29, 0.717) is 31.8 Å². The van der Waals surface area contributed by atoms with Crippen molar-refractivity contribution in [1.82, 2.24) is 14.6 Å². The van der Waals surface area contributed by atoms with E-state index >= 15 is 0 Å². The van der Waals surface area contributed by atoms with Crippen molar-refractivity contribution in [2.75, 3.05) is 0 Å². The first-order valence-corrected chi connectivity index (χ1v) is 7.34. The van der Waals surface area contributed by atoms with Gasteiger partial charge in [0.2, 0.25) is 10.7 Å². The molecule has 0 fully saturated rings. The van der Waals surface area contributed by atoms with Crippen molar-refractivity contribution in [3.05, 3.63) is 61.5 Å². The first-order valence-electron chi connectivity index (χ1n) is 6.14. The Balaban J connectivity index is 2.16. The van der Waals surface area contributed by atoms with Gasteiger partial charge in [0.1, 0.15) is 10.6 Å². The van der Waals surface area contributed by atoms with Gasteiger partial charge in [0.05, 0.1) is 5.69 Å². The highest BCUT2D eigenvalue weighted by Gasteiger charge is 2.19.